The molecule has 1 heterocycles. The van der Waals surface area contributed by atoms with Gasteiger partial charge in [0.1, 0.15) is 5.82 Å². The van der Waals surface area contributed by atoms with Crippen molar-refractivity contribution in [2.24, 2.45) is 4.99 Å². The van der Waals surface area contributed by atoms with Crippen LogP contribution in [0.25, 0.3) is 0 Å². The van der Waals surface area contributed by atoms with Gasteiger partial charge in [-0.25, -0.2) is 4.39 Å². The third-order valence-corrected chi connectivity index (χ3v) is 2.48. The maximum atomic E-state index is 13.3. The second kappa shape index (κ2) is 9.07. The summed E-state index contributed by atoms with van der Waals surface area (Å²) in [5.41, 5.74) is 0.389. The Hall–Kier alpha value is -0.920. The van der Waals surface area contributed by atoms with E-state index in [1.807, 2.05) is 0 Å². The first-order valence-electron chi connectivity index (χ1n) is 5.74. The highest BCUT2D eigenvalue weighted by Gasteiger charge is 2.05. The van der Waals surface area contributed by atoms with Gasteiger partial charge in [-0.3, -0.25) is 9.98 Å². The first kappa shape index (κ1) is 17.1. The van der Waals surface area contributed by atoms with Gasteiger partial charge in [0.15, 0.2) is 5.96 Å². The van der Waals surface area contributed by atoms with Gasteiger partial charge in [-0.05, 0) is 25.5 Å². The predicted octanol–water partition coefficient (Wildman–Crippen LogP) is 2.30. The Morgan fingerprint density at radius 1 is 1.56 bits per heavy atom. The number of halogens is 2. The fourth-order valence-corrected chi connectivity index (χ4v) is 1.25. The molecule has 0 amide bonds. The Balaban J connectivity index is 0.00000289. The number of pyridine rings is 1. The minimum Gasteiger partial charge on any atom is -0.354 e. The number of hydrogen-bond donors (Lipinski definition) is 2. The Bertz CT molecular complexity index is 384. The first-order chi connectivity index (χ1) is 8.17. The molecule has 0 saturated heterocycles. The average molecular weight is 366 g/mol. The molecule has 0 radical (unpaired) electrons. The molecule has 0 bridgehead atoms. The molecule has 0 aliphatic heterocycles. The number of hydrogen-bond acceptors (Lipinski definition) is 2. The van der Waals surface area contributed by atoms with Crippen LogP contribution in [0.2, 0.25) is 0 Å². The maximum Gasteiger partial charge on any atom is 0.191 e. The van der Waals surface area contributed by atoms with Crippen molar-refractivity contribution in [2.75, 3.05) is 7.05 Å². The smallest absolute Gasteiger partial charge is 0.191 e. The van der Waals surface area contributed by atoms with E-state index in [9.17, 15) is 4.39 Å². The molecule has 1 unspecified atom stereocenters. The molecule has 1 aromatic heterocycles. The second-order valence-electron chi connectivity index (χ2n) is 3.81. The highest BCUT2D eigenvalue weighted by molar-refractivity contribution is 14.0. The number of guanidine groups is 1. The van der Waals surface area contributed by atoms with Crippen LogP contribution in [0.1, 0.15) is 26.0 Å². The van der Waals surface area contributed by atoms with E-state index in [-0.39, 0.29) is 29.8 Å². The van der Waals surface area contributed by atoms with Crippen LogP contribution >= 0.6 is 24.0 Å². The lowest BCUT2D eigenvalue weighted by atomic mass is 10.3. The molecule has 0 saturated carbocycles. The molecule has 2 N–H and O–H groups in total. The molecule has 1 rings (SSSR count). The Morgan fingerprint density at radius 3 is 2.83 bits per heavy atom. The van der Waals surface area contributed by atoms with E-state index >= 15 is 0 Å². The fraction of sp³-hybridized carbons (Fsp3) is 0.500. The lowest BCUT2D eigenvalue weighted by molar-refractivity contribution is 0.586. The molecule has 0 aliphatic rings. The highest BCUT2D eigenvalue weighted by Crippen LogP contribution is 2.01. The van der Waals surface area contributed by atoms with Crippen molar-refractivity contribution in [3.63, 3.8) is 0 Å². The van der Waals surface area contributed by atoms with Gasteiger partial charge in [0.05, 0.1) is 12.2 Å². The van der Waals surface area contributed by atoms with Crippen LogP contribution in [-0.2, 0) is 6.54 Å². The Morgan fingerprint density at radius 2 is 2.28 bits per heavy atom. The van der Waals surface area contributed by atoms with Crippen LogP contribution in [0.3, 0.4) is 0 Å². The summed E-state index contributed by atoms with van der Waals surface area (Å²) >= 11 is 0. The zero-order valence-electron chi connectivity index (χ0n) is 10.9. The summed E-state index contributed by atoms with van der Waals surface area (Å²) in [6.45, 7) is 4.47. The quantitative estimate of drug-likeness (QED) is 0.489. The standard InChI is InChI=1S/C12H19FN4.HI/c1-4-9(2)17-12(14-3)16-8-11-10(13)6-5-7-15-11;/h5-7,9H,4,8H2,1-3H3,(H2,14,16,17);1H. The molecular formula is C12H20FIN4. The molecule has 1 aromatic rings. The summed E-state index contributed by atoms with van der Waals surface area (Å²) in [6.07, 6.45) is 2.57. The molecule has 1 atom stereocenters. The second-order valence-corrected chi connectivity index (χ2v) is 3.81. The van der Waals surface area contributed by atoms with Crippen molar-refractivity contribution in [2.45, 2.75) is 32.9 Å². The monoisotopic (exact) mass is 366 g/mol. The molecule has 18 heavy (non-hydrogen) atoms. The number of aliphatic imine (C=N–C) groups is 1. The summed E-state index contributed by atoms with van der Waals surface area (Å²) in [7, 11) is 1.69. The number of nitrogens with one attached hydrogen (secondary N) is 2. The minimum absolute atomic E-state index is 0. The fourth-order valence-electron chi connectivity index (χ4n) is 1.25. The van der Waals surface area contributed by atoms with Crippen LogP contribution in [0, 0.1) is 5.82 Å². The molecular weight excluding hydrogens is 346 g/mol. The predicted molar refractivity (Wildman–Crippen MR) is 82.7 cm³/mol. The lowest BCUT2D eigenvalue weighted by Crippen LogP contribution is -2.41. The summed E-state index contributed by atoms with van der Waals surface area (Å²) in [6, 6.07) is 3.30. The van der Waals surface area contributed by atoms with Crippen molar-refractivity contribution in [3.8, 4) is 0 Å². The van der Waals surface area contributed by atoms with E-state index in [1.165, 1.54) is 6.07 Å². The maximum absolute atomic E-state index is 13.3. The van der Waals surface area contributed by atoms with Crippen LogP contribution in [0.15, 0.2) is 23.3 Å². The van der Waals surface area contributed by atoms with E-state index in [2.05, 4.69) is 34.5 Å². The zero-order valence-corrected chi connectivity index (χ0v) is 13.2. The summed E-state index contributed by atoms with van der Waals surface area (Å²) in [5.74, 6) is 0.350. The molecule has 4 nitrogen and oxygen atoms in total. The van der Waals surface area contributed by atoms with E-state index in [0.717, 1.165) is 6.42 Å². The van der Waals surface area contributed by atoms with Crippen molar-refractivity contribution in [1.82, 2.24) is 15.6 Å². The molecule has 6 heteroatoms. The normalized spacial score (nSPS) is 12.6. The van der Waals surface area contributed by atoms with Crippen LogP contribution < -0.4 is 10.6 Å². The number of rotatable bonds is 4. The highest BCUT2D eigenvalue weighted by atomic mass is 127. The number of nitrogens with zero attached hydrogens (tertiary/aromatic N) is 2. The van der Waals surface area contributed by atoms with Crippen molar-refractivity contribution < 1.29 is 4.39 Å². The van der Waals surface area contributed by atoms with Gasteiger partial charge in [-0.15, -0.1) is 24.0 Å². The summed E-state index contributed by atoms with van der Waals surface area (Å²) in [4.78, 5) is 8.03. The molecule has 0 fully saturated rings. The van der Waals surface area contributed by atoms with Gasteiger partial charge >= 0.3 is 0 Å². The average Bonchev–Trinajstić information content (AvgIpc) is 2.35. The van der Waals surface area contributed by atoms with E-state index in [0.29, 0.717) is 24.2 Å². The van der Waals surface area contributed by atoms with Crippen LogP contribution in [-0.4, -0.2) is 24.0 Å². The lowest BCUT2D eigenvalue weighted by Gasteiger charge is -2.16. The van der Waals surface area contributed by atoms with Gasteiger partial charge in [-0.1, -0.05) is 6.92 Å². The third kappa shape index (κ3) is 5.61. The van der Waals surface area contributed by atoms with Crippen LogP contribution in [0.4, 0.5) is 4.39 Å². The summed E-state index contributed by atoms with van der Waals surface area (Å²) in [5, 5.41) is 6.22. The molecule has 0 aromatic carbocycles. The van der Waals surface area contributed by atoms with Crippen molar-refractivity contribution >= 4 is 29.9 Å². The van der Waals surface area contributed by atoms with E-state index in [4.69, 9.17) is 0 Å². The largest absolute Gasteiger partial charge is 0.354 e. The first-order valence-corrected chi connectivity index (χ1v) is 5.74. The Labute approximate surface area is 125 Å². The minimum atomic E-state index is -0.306. The van der Waals surface area contributed by atoms with Crippen molar-refractivity contribution in [3.05, 3.63) is 29.8 Å². The van der Waals surface area contributed by atoms with Crippen LogP contribution in [0.5, 0.6) is 0 Å². The number of aromatic nitrogens is 1. The van der Waals surface area contributed by atoms with Gasteiger partial charge in [0, 0.05) is 19.3 Å². The van der Waals surface area contributed by atoms with Gasteiger partial charge in [0.2, 0.25) is 0 Å². The Kier molecular flexibility index (Phi) is 8.61. The molecule has 102 valence electrons. The van der Waals surface area contributed by atoms with Gasteiger partial charge in [0.25, 0.3) is 0 Å². The van der Waals surface area contributed by atoms with E-state index in [1.54, 1.807) is 19.3 Å². The molecule has 0 aliphatic carbocycles. The van der Waals surface area contributed by atoms with E-state index < -0.39 is 0 Å². The topological polar surface area (TPSA) is 49.3 Å². The van der Waals surface area contributed by atoms with Gasteiger partial charge in [-0.2, -0.15) is 0 Å². The molecule has 0 spiro atoms. The van der Waals surface area contributed by atoms with Gasteiger partial charge < -0.3 is 10.6 Å². The SMILES string of the molecule is CCC(C)NC(=NC)NCc1ncccc1F.I. The zero-order chi connectivity index (χ0) is 12.7. The van der Waals surface area contributed by atoms with Crippen molar-refractivity contribution in [1.29, 1.82) is 0 Å². The summed E-state index contributed by atoms with van der Waals surface area (Å²) < 4.78 is 13.3. The third-order valence-electron chi connectivity index (χ3n) is 2.48.